The molecule has 2 amide bonds. The zero-order chi connectivity index (χ0) is 17.7. The van der Waals surface area contributed by atoms with E-state index in [9.17, 15) is 22.8 Å². The molecule has 1 aliphatic rings. The lowest BCUT2D eigenvalue weighted by Crippen LogP contribution is -2.46. The third-order valence-electron chi connectivity index (χ3n) is 4.37. The number of hydrogen-bond donors (Lipinski definition) is 2. The van der Waals surface area contributed by atoms with Gasteiger partial charge in [-0.15, -0.1) is 0 Å². The molecule has 3 N–H and O–H groups in total. The molecule has 1 saturated carbocycles. The Morgan fingerprint density at radius 3 is 2.42 bits per heavy atom. The molecule has 0 unspecified atom stereocenters. The predicted octanol–water partition coefficient (Wildman–Crippen LogP) is 2.80. The largest absolute Gasteiger partial charge is 0.416 e. The van der Waals surface area contributed by atoms with Crippen LogP contribution in [0.2, 0.25) is 0 Å². The molecule has 132 valence electrons. The Labute approximate surface area is 138 Å². The van der Waals surface area contributed by atoms with Gasteiger partial charge >= 0.3 is 6.18 Å². The lowest BCUT2D eigenvalue weighted by Gasteiger charge is -2.19. The predicted molar refractivity (Wildman–Crippen MR) is 82.8 cm³/mol. The SMILES string of the molecule is NC(=O)[C@H](Cc1ccccc1C(F)(F)F)NC(=O)CC1CCCC1. The fourth-order valence-corrected chi connectivity index (χ4v) is 3.15. The molecule has 1 aromatic carbocycles. The average molecular weight is 342 g/mol. The van der Waals surface area contributed by atoms with Crippen molar-refractivity contribution in [2.24, 2.45) is 11.7 Å². The van der Waals surface area contributed by atoms with Crippen molar-refractivity contribution in [3.05, 3.63) is 35.4 Å². The summed E-state index contributed by atoms with van der Waals surface area (Å²) in [7, 11) is 0. The third kappa shape index (κ3) is 4.97. The summed E-state index contributed by atoms with van der Waals surface area (Å²) in [6.07, 6.45) is -0.428. The van der Waals surface area contributed by atoms with E-state index in [1.165, 1.54) is 18.2 Å². The first-order chi connectivity index (χ1) is 11.3. The van der Waals surface area contributed by atoms with Gasteiger partial charge in [0, 0.05) is 12.8 Å². The van der Waals surface area contributed by atoms with Gasteiger partial charge in [-0.25, -0.2) is 0 Å². The number of rotatable bonds is 6. The number of nitrogens with two attached hydrogens (primary N) is 1. The second-order valence-corrected chi connectivity index (χ2v) is 6.24. The molecule has 0 aromatic heterocycles. The highest BCUT2D eigenvalue weighted by molar-refractivity contribution is 5.86. The summed E-state index contributed by atoms with van der Waals surface area (Å²) >= 11 is 0. The van der Waals surface area contributed by atoms with Gasteiger partial charge in [0.05, 0.1) is 5.56 Å². The van der Waals surface area contributed by atoms with Crippen LogP contribution in [0.5, 0.6) is 0 Å². The summed E-state index contributed by atoms with van der Waals surface area (Å²) < 4.78 is 39.1. The van der Waals surface area contributed by atoms with Gasteiger partial charge in [0.25, 0.3) is 0 Å². The molecule has 7 heteroatoms. The van der Waals surface area contributed by atoms with Crippen molar-refractivity contribution in [1.29, 1.82) is 0 Å². The van der Waals surface area contributed by atoms with Crippen LogP contribution in [0.3, 0.4) is 0 Å². The number of benzene rings is 1. The standard InChI is InChI=1S/C17H21F3N2O2/c18-17(19,20)13-8-4-3-7-12(13)10-14(16(21)24)22-15(23)9-11-5-1-2-6-11/h3-4,7-8,11,14H,1-2,5-6,9-10H2,(H2,21,24)(H,22,23)/t14-/m0/s1. The molecule has 2 rings (SSSR count). The highest BCUT2D eigenvalue weighted by Gasteiger charge is 2.34. The first-order valence-corrected chi connectivity index (χ1v) is 8.01. The van der Waals surface area contributed by atoms with E-state index in [2.05, 4.69) is 5.32 Å². The summed E-state index contributed by atoms with van der Waals surface area (Å²) in [5.74, 6) is -0.900. The Morgan fingerprint density at radius 2 is 1.83 bits per heavy atom. The monoisotopic (exact) mass is 342 g/mol. The maximum Gasteiger partial charge on any atom is 0.416 e. The fraction of sp³-hybridized carbons (Fsp3) is 0.529. The van der Waals surface area contributed by atoms with Crippen LogP contribution in [0.25, 0.3) is 0 Å². The molecule has 1 aromatic rings. The number of carbonyl (C=O) groups excluding carboxylic acids is 2. The van der Waals surface area contributed by atoms with Crippen LogP contribution < -0.4 is 11.1 Å². The van der Waals surface area contributed by atoms with Crippen LogP contribution in [0.4, 0.5) is 13.2 Å². The Kier molecular flexibility index (Phi) is 5.85. The zero-order valence-corrected chi connectivity index (χ0v) is 13.2. The number of alkyl halides is 3. The van der Waals surface area contributed by atoms with Crippen molar-refractivity contribution in [3.63, 3.8) is 0 Å². The highest BCUT2D eigenvalue weighted by atomic mass is 19.4. The fourth-order valence-electron chi connectivity index (χ4n) is 3.15. The first-order valence-electron chi connectivity index (χ1n) is 8.01. The minimum absolute atomic E-state index is 0.0602. The number of halogens is 3. The van der Waals surface area contributed by atoms with Crippen LogP contribution in [0, 0.1) is 5.92 Å². The topological polar surface area (TPSA) is 72.2 Å². The van der Waals surface area contributed by atoms with E-state index in [0.29, 0.717) is 0 Å². The molecule has 24 heavy (non-hydrogen) atoms. The van der Waals surface area contributed by atoms with Gasteiger partial charge in [0.15, 0.2) is 0 Å². The van der Waals surface area contributed by atoms with E-state index in [1.54, 1.807) is 0 Å². The summed E-state index contributed by atoms with van der Waals surface area (Å²) in [5.41, 5.74) is 4.39. The molecule has 1 aliphatic carbocycles. The van der Waals surface area contributed by atoms with Gasteiger partial charge < -0.3 is 11.1 Å². The summed E-state index contributed by atoms with van der Waals surface area (Å²) in [6, 6.07) is 3.84. The Balaban J connectivity index is 2.06. The number of amides is 2. The van der Waals surface area contributed by atoms with Crippen molar-refractivity contribution in [2.75, 3.05) is 0 Å². The third-order valence-corrected chi connectivity index (χ3v) is 4.37. The second kappa shape index (κ2) is 7.68. The second-order valence-electron chi connectivity index (χ2n) is 6.24. The van der Waals surface area contributed by atoms with Crippen LogP contribution >= 0.6 is 0 Å². The Morgan fingerprint density at radius 1 is 1.21 bits per heavy atom. The number of carbonyl (C=O) groups is 2. The van der Waals surface area contributed by atoms with Crippen molar-refractivity contribution in [3.8, 4) is 0 Å². The first kappa shape index (κ1) is 18.3. The molecule has 0 spiro atoms. The molecule has 0 bridgehead atoms. The number of primary amides is 1. The smallest absolute Gasteiger partial charge is 0.368 e. The van der Waals surface area contributed by atoms with E-state index in [-0.39, 0.29) is 30.2 Å². The molecule has 0 aliphatic heterocycles. The van der Waals surface area contributed by atoms with Crippen LogP contribution in [0.15, 0.2) is 24.3 Å². The van der Waals surface area contributed by atoms with E-state index in [1.807, 2.05) is 0 Å². The Bertz CT molecular complexity index is 596. The quantitative estimate of drug-likeness (QED) is 0.834. The molecule has 0 radical (unpaired) electrons. The summed E-state index contributed by atoms with van der Waals surface area (Å²) in [4.78, 5) is 23.6. The minimum Gasteiger partial charge on any atom is -0.368 e. The number of nitrogens with one attached hydrogen (secondary N) is 1. The molecule has 1 atom stereocenters. The maximum atomic E-state index is 13.0. The normalized spacial score (nSPS) is 16.8. The lowest BCUT2D eigenvalue weighted by atomic mass is 9.98. The summed E-state index contributed by atoms with van der Waals surface area (Å²) in [5, 5.41) is 2.49. The van der Waals surface area contributed by atoms with Gasteiger partial charge in [-0.1, -0.05) is 31.0 Å². The van der Waals surface area contributed by atoms with Crippen molar-refractivity contribution in [2.45, 2.75) is 50.7 Å². The van der Waals surface area contributed by atoms with Crippen molar-refractivity contribution >= 4 is 11.8 Å². The Hall–Kier alpha value is -2.05. The molecule has 1 fully saturated rings. The van der Waals surface area contributed by atoms with E-state index < -0.39 is 23.7 Å². The molecular weight excluding hydrogens is 321 g/mol. The van der Waals surface area contributed by atoms with Crippen molar-refractivity contribution in [1.82, 2.24) is 5.32 Å². The van der Waals surface area contributed by atoms with Gasteiger partial charge in [-0.2, -0.15) is 13.2 Å². The van der Waals surface area contributed by atoms with Gasteiger partial charge in [-0.05, 0) is 30.4 Å². The molecular formula is C17H21F3N2O2. The van der Waals surface area contributed by atoms with Gasteiger partial charge in [-0.3, -0.25) is 9.59 Å². The average Bonchev–Trinajstić information content (AvgIpc) is 2.98. The van der Waals surface area contributed by atoms with Crippen LogP contribution in [-0.4, -0.2) is 17.9 Å². The zero-order valence-electron chi connectivity index (χ0n) is 13.2. The van der Waals surface area contributed by atoms with E-state index >= 15 is 0 Å². The highest BCUT2D eigenvalue weighted by Crippen LogP contribution is 2.32. The number of hydrogen-bond acceptors (Lipinski definition) is 2. The van der Waals surface area contributed by atoms with Gasteiger partial charge in [0.1, 0.15) is 6.04 Å². The molecule has 0 heterocycles. The van der Waals surface area contributed by atoms with Crippen molar-refractivity contribution < 1.29 is 22.8 Å². The molecule has 4 nitrogen and oxygen atoms in total. The maximum absolute atomic E-state index is 13.0. The van der Waals surface area contributed by atoms with E-state index in [0.717, 1.165) is 31.7 Å². The van der Waals surface area contributed by atoms with Crippen LogP contribution in [0.1, 0.15) is 43.2 Å². The van der Waals surface area contributed by atoms with E-state index in [4.69, 9.17) is 5.73 Å². The molecule has 0 saturated heterocycles. The minimum atomic E-state index is -4.52. The lowest BCUT2D eigenvalue weighted by molar-refractivity contribution is -0.138. The van der Waals surface area contributed by atoms with Crippen LogP contribution in [-0.2, 0) is 22.2 Å². The van der Waals surface area contributed by atoms with Gasteiger partial charge in [0.2, 0.25) is 11.8 Å². The summed E-state index contributed by atoms with van der Waals surface area (Å²) in [6.45, 7) is 0.